The lowest BCUT2D eigenvalue weighted by atomic mass is 10.1. The van der Waals surface area contributed by atoms with E-state index in [9.17, 15) is 19.2 Å². The number of amides is 2. The predicted octanol–water partition coefficient (Wildman–Crippen LogP) is 1.95. The second-order valence-corrected chi connectivity index (χ2v) is 7.31. The molecule has 8 heteroatoms. The number of H-pyrrole nitrogens is 1. The van der Waals surface area contributed by atoms with Crippen LogP contribution in [-0.4, -0.2) is 39.4 Å². The van der Waals surface area contributed by atoms with Gasteiger partial charge in [-0.2, -0.15) is 0 Å². The van der Waals surface area contributed by atoms with Gasteiger partial charge in [0.2, 0.25) is 5.91 Å². The van der Waals surface area contributed by atoms with E-state index in [4.69, 9.17) is 0 Å². The van der Waals surface area contributed by atoms with Gasteiger partial charge < -0.3 is 10.2 Å². The highest BCUT2D eigenvalue weighted by molar-refractivity contribution is 5.97. The highest BCUT2D eigenvalue weighted by atomic mass is 16.2. The molecule has 154 valence electrons. The number of rotatable bonds is 5. The van der Waals surface area contributed by atoms with Gasteiger partial charge in [0.15, 0.2) is 0 Å². The van der Waals surface area contributed by atoms with E-state index >= 15 is 0 Å². The molecule has 2 amide bonds. The van der Waals surface area contributed by atoms with Crippen molar-refractivity contribution in [1.82, 2.24) is 14.5 Å². The number of aryl methyl sites for hydroxylation is 1. The molecule has 0 aliphatic carbocycles. The number of anilines is 1. The van der Waals surface area contributed by atoms with Crippen LogP contribution in [0.15, 0.2) is 58.1 Å². The Labute approximate surface area is 172 Å². The van der Waals surface area contributed by atoms with Crippen LogP contribution in [0.4, 0.5) is 5.69 Å². The van der Waals surface area contributed by atoms with E-state index in [2.05, 4.69) is 10.3 Å². The Morgan fingerprint density at radius 3 is 2.57 bits per heavy atom. The van der Waals surface area contributed by atoms with Gasteiger partial charge >= 0.3 is 5.69 Å². The number of aromatic nitrogens is 2. The second kappa shape index (κ2) is 8.36. The van der Waals surface area contributed by atoms with Gasteiger partial charge in [0, 0.05) is 37.3 Å². The minimum Gasteiger partial charge on any atom is -0.339 e. The van der Waals surface area contributed by atoms with Crippen LogP contribution in [0.2, 0.25) is 0 Å². The number of para-hydroxylation sites is 1. The highest BCUT2D eigenvalue weighted by Crippen LogP contribution is 2.17. The van der Waals surface area contributed by atoms with Gasteiger partial charge in [0.25, 0.3) is 11.5 Å². The van der Waals surface area contributed by atoms with Gasteiger partial charge in [-0.1, -0.05) is 18.2 Å². The third-order valence-electron chi connectivity index (χ3n) is 5.25. The molecule has 0 atom stereocenters. The van der Waals surface area contributed by atoms with Crippen LogP contribution < -0.4 is 16.6 Å². The third-order valence-corrected chi connectivity index (χ3v) is 5.25. The first kappa shape index (κ1) is 19.6. The Morgan fingerprint density at radius 2 is 1.77 bits per heavy atom. The molecular weight excluding hydrogens is 384 g/mol. The second-order valence-electron chi connectivity index (χ2n) is 7.31. The first-order valence-electron chi connectivity index (χ1n) is 9.94. The van der Waals surface area contributed by atoms with Gasteiger partial charge in [-0.3, -0.25) is 23.9 Å². The van der Waals surface area contributed by atoms with E-state index < -0.39 is 11.2 Å². The fourth-order valence-electron chi connectivity index (χ4n) is 3.73. The first-order valence-corrected chi connectivity index (χ1v) is 9.94. The van der Waals surface area contributed by atoms with Crippen molar-refractivity contribution in [2.24, 2.45) is 0 Å². The zero-order chi connectivity index (χ0) is 21.1. The SMILES string of the molecule is O=C(CCn1c(=O)[nH]c(=O)c2ccccc21)Nc1cccc(C(=O)N2CCCC2)c1. The standard InChI is InChI=1S/C22H22N4O4/c27-19(10-13-26-18-9-2-1-8-17(18)20(28)24-22(26)30)23-16-7-5-6-15(14-16)21(29)25-11-3-4-12-25/h1-2,5-9,14H,3-4,10-13H2,(H,23,27)(H,24,28,30). The zero-order valence-electron chi connectivity index (χ0n) is 16.4. The number of aromatic amines is 1. The lowest BCUT2D eigenvalue weighted by molar-refractivity contribution is -0.116. The van der Waals surface area contributed by atoms with E-state index in [-0.39, 0.29) is 24.8 Å². The summed E-state index contributed by atoms with van der Waals surface area (Å²) in [5.41, 5.74) is 0.555. The molecule has 2 heterocycles. The van der Waals surface area contributed by atoms with Crippen molar-refractivity contribution >= 4 is 28.4 Å². The molecule has 1 saturated heterocycles. The Hall–Kier alpha value is -3.68. The Balaban J connectivity index is 1.46. The molecule has 0 unspecified atom stereocenters. The molecule has 0 saturated carbocycles. The Morgan fingerprint density at radius 1 is 1.00 bits per heavy atom. The molecule has 0 bridgehead atoms. The van der Waals surface area contributed by atoms with Crippen LogP contribution in [0.25, 0.3) is 10.9 Å². The van der Waals surface area contributed by atoms with E-state index in [0.717, 1.165) is 25.9 Å². The molecule has 3 aromatic rings. The number of nitrogens with one attached hydrogen (secondary N) is 2. The topological polar surface area (TPSA) is 104 Å². The normalized spacial score (nSPS) is 13.5. The van der Waals surface area contributed by atoms with Crippen molar-refractivity contribution in [3.05, 3.63) is 74.9 Å². The average molecular weight is 406 g/mol. The fourth-order valence-corrected chi connectivity index (χ4v) is 3.73. The lowest BCUT2D eigenvalue weighted by Gasteiger charge is -2.16. The summed E-state index contributed by atoms with van der Waals surface area (Å²) in [6.07, 6.45) is 2.07. The Kier molecular flexibility index (Phi) is 5.47. The van der Waals surface area contributed by atoms with Crippen LogP contribution in [0.1, 0.15) is 29.6 Å². The van der Waals surface area contributed by atoms with Gasteiger partial charge in [-0.15, -0.1) is 0 Å². The smallest absolute Gasteiger partial charge is 0.328 e. The number of fused-ring (bicyclic) bond motifs is 1. The van der Waals surface area contributed by atoms with Crippen molar-refractivity contribution in [2.45, 2.75) is 25.8 Å². The average Bonchev–Trinajstić information content (AvgIpc) is 3.28. The van der Waals surface area contributed by atoms with Crippen molar-refractivity contribution in [3.8, 4) is 0 Å². The molecule has 4 rings (SSSR count). The lowest BCUT2D eigenvalue weighted by Crippen LogP contribution is -2.31. The number of likely N-dealkylation sites (tertiary alicyclic amines) is 1. The van der Waals surface area contributed by atoms with Crippen molar-refractivity contribution in [1.29, 1.82) is 0 Å². The van der Waals surface area contributed by atoms with Crippen LogP contribution in [0.5, 0.6) is 0 Å². The van der Waals surface area contributed by atoms with E-state index in [1.54, 1.807) is 48.5 Å². The number of carbonyl (C=O) groups is 2. The quantitative estimate of drug-likeness (QED) is 0.676. The van der Waals surface area contributed by atoms with E-state index in [1.165, 1.54) is 4.57 Å². The summed E-state index contributed by atoms with van der Waals surface area (Å²) in [6, 6.07) is 13.6. The van der Waals surface area contributed by atoms with Crippen LogP contribution in [0, 0.1) is 0 Å². The molecule has 0 radical (unpaired) electrons. The monoisotopic (exact) mass is 406 g/mol. The summed E-state index contributed by atoms with van der Waals surface area (Å²) in [4.78, 5) is 53.2. The van der Waals surface area contributed by atoms with Crippen molar-refractivity contribution < 1.29 is 9.59 Å². The molecule has 1 aliphatic rings. The fraction of sp³-hybridized carbons (Fsp3) is 0.273. The molecule has 30 heavy (non-hydrogen) atoms. The van der Waals surface area contributed by atoms with Crippen LogP contribution >= 0.6 is 0 Å². The molecule has 0 spiro atoms. The maximum Gasteiger partial charge on any atom is 0.328 e. The zero-order valence-corrected chi connectivity index (χ0v) is 16.4. The van der Waals surface area contributed by atoms with Crippen molar-refractivity contribution in [2.75, 3.05) is 18.4 Å². The van der Waals surface area contributed by atoms with E-state index in [0.29, 0.717) is 22.2 Å². The summed E-state index contributed by atoms with van der Waals surface area (Å²) >= 11 is 0. The first-order chi connectivity index (χ1) is 14.5. The highest BCUT2D eigenvalue weighted by Gasteiger charge is 2.19. The molecule has 1 aliphatic heterocycles. The predicted molar refractivity (Wildman–Crippen MR) is 114 cm³/mol. The largest absolute Gasteiger partial charge is 0.339 e. The van der Waals surface area contributed by atoms with Gasteiger partial charge in [-0.25, -0.2) is 4.79 Å². The molecule has 2 N–H and O–H groups in total. The third kappa shape index (κ3) is 4.03. The van der Waals surface area contributed by atoms with Gasteiger partial charge in [-0.05, 0) is 43.2 Å². The number of hydrogen-bond donors (Lipinski definition) is 2. The summed E-state index contributed by atoms with van der Waals surface area (Å²) < 4.78 is 1.38. The minimum absolute atomic E-state index is 0.0325. The van der Waals surface area contributed by atoms with Crippen LogP contribution in [-0.2, 0) is 11.3 Å². The molecule has 8 nitrogen and oxygen atoms in total. The van der Waals surface area contributed by atoms with Gasteiger partial charge in [0.05, 0.1) is 10.9 Å². The molecule has 2 aromatic carbocycles. The number of carbonyl (C=O) groups excluding carboxylic acids is 2. The number of nitrogens with zero attached hydrogens (tertiary/aromatic N) is 2. The van der Waals surface area contributed by atoms with E-state index in [1.807, 2.05) is 4.90 Å². The number of benzene rings is 2. The Bertz CT molecular complexity index is 1220. The summed E-state index contributed by atoms with van der Waals surface area (Å²) in [5, 5.41) is 3.17. The van der Waals surface area contributed by atoms with Gasteiger partial charge in [0.1, 0.15) is 0 Å². The summed E-state index contributed by atoms with van der Waals surface area (Å²) in [6.45, 7) is 1.64. The minimum atomic E-state index is -0.551. The van der Waals surface area contributed by atoms with Crippen molar-refractivity contribution in [3.63, 3.8) is 0 Å². The molecular formula is C22H22N4O4. The maximum atomic E-state index is 12.5. The maximum absolute atomic E-state index is 12.5. The summed E-state index contributed by atoms with van der Waals surface area (Å²) in [7, 11) is 0. The number of hydrogen-bond acceptors (Lipinski definition) is 4. The molecule has 1 aromatic heterocycles. The van der Waals surface area contributed by atoms with Crippen LogP contribution in [0.3, 0.4) is 0 Å². The summed E-state index contributed by atoms with van der Waals surface area (Å²) in [5.74, 6) is -0.321. The molecule has 1 fully saturated rings.